The molecule has 7 nitrogen and oxygen atoms in total. The van der Waals surface area contributed by atoms with Crippen LogP contribution >= 0.6 is 0 Å². The number of pyridine rings is 1. The number of rotatable bonds is 7. The Morgan fingerprint density at radius 3 is 2.03 bits per heavy atom. The topological polar surface area (TPSA) is 46.6 Å². The molecule has 2 aliphatic heterocycles. The second kappa shape index (κ2) is 16.0. The Kier molecular flexibility index (Phi) is 7.30. The third kappa shape index (κ3) is 6.58. The smallest absolute Gasteiger partial charge is 0.523 e. The molecule has 12 rings (SSSR count). The van der Waals surface area contributed by atoms with Crippen LogP contribution in [0.4, 0.5) is 22.9 Å². The van der Waals surface area contributed by atoms with Crippen molar-refractivity contribution in [2.24, 2.45) is 0 Å². The van der Waals surface area contributed by atoms with Gasteiger partial charge in [0.1, 0.15) is 11.6 Å². The number of anilines is 4. The van der Waals surface area contributed by atoms with Gasteiger partial charge in [0.15, 0.2) is 0 Å². The molecule has 0 saturated carbocycles. The number of fused-ring (bicyclic) bond motifs is 8. The van der Waals surface area contributed by atoms with E-state index in [1.165, 1.54) is 0 Å². The molecular formula is C54H34BN5O2Pt-2. The Labute approximate surface area is 394 Å². The van der Waals surface area contributed by atoms with E-state index in [0.717, 1.165) is 22.5 Å². The van der Waals surface area contributed by atoms with E-state index in [4.69, 9.17) is 28.1 Å². The molecule has 2 aliphatic rings. The van der Waals surface area contributed by atoms with Crippen LogP contribution in [0.5, 0.6) is 17.2 Å². The number of ether oxygens (including phenoxy) is 1. The molecule has 0 radical (unpaired) electrons. The minimum Gasteiger partial charge on any atom is -0.523 e. The number of para-hydroxylation sites is 5. The number of imidazole rings is 1. The second-order valence-corrected chi connectivity index (χ2v) is 14.4. The molecule has 0 spiro atoms. The number of nitrogens with zero attached hydrogens (tertiary/aromatic N) is 5. The molecule has 63 heavy (non-hydrogen) atoms. The van der Waals surface area contributed by atoms with Crippen molar-refractivity contribution in [3.63, 3.8) is 0 Å². The van der Waals surface area contributed by atoms with Crippen molar-refractivity contribution in [1.82, 2.24) is 9.55 Å². The first-order valence-electron chi connectivity index (χ1n) is 24.8. The molecule has 4 heterocycles. The molecule has 0 amide bonds. The Morgan fingerprint density at radius 2 is 1.25 bits per heavy atom. The molecule has 0 bridgehead atoms. The van der Waals surface area contributed by atoms with Gasteiger partial charge in [-0.2, -0.15) is 12.1 Å². The zero-order valence-corrected chi connectivity index (χ0v) is 35.1. The molecule has 8 aromatic carbocycles. The van der Waals surface area contributed by atoms with E-state index in [9.17, 15) is 0 Å². The van der Waals surface area contributed by atoms with Crippen LogP contribution in [0.25, 0.3) is 55.8 Å². The maximum Gasteiger partial charge on any atom is 0.616 e. The average molecular weight is 1000 g/mol. The van der Waals surface area contributed by atoms with Gasteiger partial charge in [-0.15, -0.1) is 30.3 Å². The van der Waals surface area contributed by atoms with E-state index in [1.54, 1.807) is 63.9 Å². The van der Waals surface area contributed by atoms with Gasteiger partial charge in [0.2, 0.25) is 0 Å². The molecule has 0 atom stereocenters. The van der Waals surface area contributed by atoms with Gasteiger partial charge in [-0.05, 0) is 52.2 Å². The Bertz CT molecular complexity index is 3760. The number of hydrogen-bond donors (Lipinski definition) is 0. The third-order valence-corrected chi connectivity index (χ3v) is 10.9. The van der Waals surface area contributed by atoms with Crippen LogP contribution in [0.15, 0.2) is 206 Å². The number of hydrogen-bond acceptors (Lipinski definition) is 5. The second-order valence-electron chi connectivity index (χ2n) is 14.4. The summed E-state index contributed by atoms with van der Waals surface area (Å²) in [6.07, 6.45) is 5.13. The minimum absolute atomic E-state index is 0. The van der Waals surface area contributed by atoms with Gasteiger partial charge >= 0.3 is 7.19 Å². The van der Waals surface area contributed by atoms with Crippen molar-refractivity contribution < 1.29 is 48.7 Å². The van der Waals surface area contributed by atoms with Crippen molar-refractivity contribution >= 4 is 41.1 Å². The molecule has 302 valence electrons. The Balaban J connectivity index is 0.00000574. The van der Waals surface area contributed by atoms with Crippen LogP contribution < -0.4 is 23.6 Å². The van der Waals surface area contributed by atoms with Gasteiger partial charge < -0.3 is 23.6 Å². The van der Waals surface area contributed by atoms with E-state index < -0.39 is 67.6 Å². The molecule has 9 heteroatoms. The maximum absolute atomic E-state index is 9.02. The molecule has 0 saturated heterocycles. The molecule has 0 fully saturated rings. The minimum atomic E-state index is -0.669. The van der Waals surface area contributed by atoms with E-state index in [1.807, 2.05) is 77.6 Å². The summed E-state index contributed by atoms with van der Waals surface area (Å²) >= 11 is 0. The van der Waals surface area contributed by atoms with Gasteiger partial charge in [0.05, 0.1) is 30.4 Å². The zero-order chi connectivity index (χ0) is 49.7. The van der Waals surface area contributed by atoms with Crippen molar-refractivity contribution in [2.75, 3.05) is 9.62 Å². The largest absolute Gasteiger partial charge is 0.616 e. The standard InChI is InChI=1S/C54H34BN5O2.Pt/c1-3-17-38(18-4-1)43-25-16-26-44(39-19-5-2-6-20-39)54(43)58-37-57(48-28-10-11-29-49(48)58)40-21-15-22-41(35-40)61-42-32-33-50-51(36-42)60(53-31-13-14-34-56-53)55-59(50)47-27-9-7-23-45(47)46-24-8-12-30-52(46)62-55;/h1-34H;/q-2;/i1D,2D,3D,4D,5D,6D,17D,18D,19D,20D;. The molecular weight excluding hydrogens is 957 g/mol. The van der Waals surface area contributed by atoms with Gasteiger partial charge in [0, 0.05) is 55.6 Å². The monoisotopic (exact) mass is 1000 g/mol. The van der Waals surface area contributed by atoms with Gasteiger partial charge in [0.25, 0.3) is 6.33 Å². The van der Waals surface area contributed by atoms with Crippen molar-refractivity contribution in [1.29, 1.82) is 0 Å². The fourth-order valence-electron chi connectivity index (χ4n) is 8.24. The normalized spacial score (nSPS) is 14.6. The predicted molar refractivity (Wildman–Crippen MR) is 245 cm³/mol. The first-order valence-corrected chi connectivity index (χ1v) is 19.8. The van der Waals surface area contributed by atoms with Gasteiger partial charge in [-0.25, -0.2) is 4.98 Å². The third-order valence-electron chi connectivity index (χ3n) is 10.9. The zero-order valence-electron chi connectivity index (χ0n) is 42.8. The summed E-state index contributed by atoms with van der Waals surface area (Å²) in [5, 5.41) is 0. The molecule has 0 N–H and O–H groups in total. The summed E-state index contributed by atoms with van der Waals surface area (Å²) < 4.78 is 104. The molecule has 10 aromatic rings. The first-order chi connectivity index (χ1) is 34.9. The van der Waals surface area contributed by atoms with E-state index in [2.05, 4.69) is 41.5 Å². The SMILES string of the molecule is [2H]c1c([2H])c([2H])c(-c2cccc(-c3c([2H])c([2H])c([2H])c([2H])c3[2H])c2-[n+]2[c-]n(-c3[c-]c(Oc4[c-]c5c(cc4)N4B(Oc6ccccc6-c6ccccc64)N5c4ccccn4)ccc3)c3ccccc32)c([2H])c1[2H].[Pt]. The summed E-state index contributed by atoms with van der Waals surface area (Å²) in [5.41, 5.74) is 6.13. The first kappa shape index (κ1) is 28.8. The van der Waals surface area contributed by atoms with Crippen molar-refractivity contribution in [2.45, 2.75) is 0 Å². The van der Waals surface area contributed by atoms with Crippen LogP contribution in [-0.2, 0) is 21.1 Å². The summed E-state index contributed by atoms with van der Waals surface area (Å²) in [7, 11) is -0.669. The van der Waals surface area contributed by atoms with Crippen LogP contribution in [0.3, 0.4) is 0 Å². The maximum atomic E-state index is 9.02. The van der Waals surface area contributed by atoms with Crippen LogP contribution in [0.2, 0.25) is 0 Å². The van der Waals surface area contributed by atoms with E-state index in [-0.39, 0.29) is 49.0 Å². The van der Waals surface area contributed by atoms with Crippen LogP contribution in [-0.4, -0.2) is 16.7 Å². The van der Waals surface area contributed by atoms with Crippen molar-refractivity contribution in [3.05, 3.63) is 225 Å². The fraction of sp³-hybridized carbons (Fsp3) is 0. The van der Waals surface area contributed by atoms with Crippen molar-refractivity contribution in [3.8, 4) is 62.0 Å². The van der Waals surface area contributed by atoms with Crippen LogP contribution in [0, 0.1) is 18.5 Å². The Hall–Kier alpha value is -7.67. The summed E-state index contributed by atoms with van der Waals surface area (Å²) in [5.74, 6) is 2.05. The Morgan fingerprint density at radius 1 is 0.587 bits per heavy atom. The van der Waals surface area contributed by atoms with E-state index in [0.29, 0.717) is 45.5 Å². The summed E-state index contributed by atoms with van der Waals surface area (Å²) in [6.45, 7) is 0. The summed E-state index contributed by atoms with van der Waals surface area (Å²) in [6, 6.07) is 44.5. The fourth-order valence-corrected chi connectivity index (χ4v) is 8.24. The number of benzene rings is 8. The average Bonchev–Trinajstić information content (AvgIpc) is 3.90. The quantitative estimate of drug-likeness (QED) is 0.0904. The van der Waals surface area contributed by atoms with Gasteiger partial charge in [-0.1, -0.05) is 157 Å². The van der Waals surface area contributed by atoms with Crippen LogP contribution in [0.1, 0.15) is 13.7 Å². The molecule has 0 aliphatic carbocycles. The number of aromatic nitrogens is 3. The molecule has 2 aromatic heterocycles. The predicted octanol–water partition coefficient (Wildman–Crippen LogP) is 12.2. The van der Waals surface area contributed by atoms with E-state index >= 15 is 0 Å². The summed E-state index contributed by atoms with van der Waals surface area (Å²) in [4.78, 5) is 8.86. The van der Waals surface area contributed by atoms with Gasteiger partial charge in [-0.3, -0.25) is 4.57 Å². The molecule has 0 unspecified atom stereocenters.